The second kappa shape index (κ2) is 11.5. The van der Waals surface area contributed by atoms with Crippen molar-refractivity contribution < 1.29 is 19.1 Å². The second-order valence-corrected chi connectivity index (χ2v) is 10.0. The minimum atomic E-state index is -0.255. The summed E-state index contributed by atoms with van der Waals surface area (Å²) in [4.78, 5) is 32.2. The number of hydrogen-bond acceptors (Lipinski definition) is 6. The Kier molecular flexibility index (Phi) is 8.16. The van der Waals surface area contributed by atoms with E-state index >= 15 is 0 Å². The number of rotatable bonds is 8. The van der Waals surface area contributed by atoms with Gasteiger partial charge in [0.05, 0.1) is 19.7 Å². The van der Waals surface area contributed by atoms with E-state index in [1.165, 1.54) is 13.5 Å². The third-order valence-corrected chi connectivity index (χ3v) is 6.73. The molecule has 0 unspecified atom stereocenters. The number of ether oxygens (including phenoxy) is 2. The zero-order valence-corrected chi connectivity index (χ0v) is 22.3. The van der Waals surface area contributed by atoms with Gasteiger partial charge in [-0.05, 0) is 67.1 Å². The molecule has 0 spiro atoms. The van der Waals surface area contributed by atoms with E-state index in [1.54, 1.807) is 25.3 Å². The van der Waals surface area contributed by atoms with Crippen molar-refractivity contribution in [3.8, 4) is 11.5 Å². The first-order chi connectivity index (χ1) is 17.7. The zero-order valence-electron chi connectivity index (χ0n) is 22.3. The number of methoxy groups -OCH3 is 2. The number of hydrogen-bond donors (Lipinski definition) is 2. The van der Waals surface area contributed by atoms with Gasteiger partial charge in [-0.1, -0.05) is 13.8 Å². The molecule has 37 heavy (non-hydrogen) atoms. The topological polar surface area (TPSA) is 92.8 Å². The fourth-order valence-electron chi connectivity index (χ4n) is 5.05. The summed E-state index contributed by atoms with van der Waals surface area (Å²) in [5.74, 6) is 2.94. The van der Waals surface area contributed by atoms with E-state index < -0.39 is 0 Å². The molecule has 2 heterocycles. The standard InChI is InChI=1S/C29H36N4O4/c1-18-12-19(2)17-33(16-18)27-13-20(3)23-14-21(6-8-24(23)32-27)30-28(34)10-11-29(35)31-22-7-9-25(36-4)26(15-22)37-5/h6-9,13-15,18-19H,10-12,16-17H2,1-5H3,(H,30,34)(H,31,35)/t18-,19+. The van der Waals surface area contributed by atoms with Gasteiger partial charge in [0.25, 0.3) is 0 Å². The summed E-state index contributed by atoms with van der Waals surface area (Å²) >= 11 is 0. The van der Waals surface area contributed by atoms with Crippen LogP contribution in [0, 0.1) is 18.8 Å². The summed E-state index contributed by atoms with van der Waals surface area (Å²) < 4.78 is 10.5. The van der Waals surface area contributed by atoms with Crippen LogP contribution in [0.2, 0.25) is 0 Å². The van der Waals surface area contributed by atoms with Crippen LogP contribution >= 0.6 is 0 Å². The largest absolute Gasteiger partial charge is 0.493 e. The van der Waals surface area contributed by atoms with Gasteiger partial charge in [-0.15, -0.1) is 0 Å². The van der Waals surface area contributed by atoms with E-state index in [4.69, 9.17) is 14.5 Å². The smallest absolute Gasteiger partial charge is 0.224 e. The van der Waals surface area contributed by atoms with Gasteiger partial charge < -0.3 is 25.0 Å². The number of amides is 2. The lowest BCUT2D eigenvalue weighted by Crippen LogP contribution is -2.39. The van der Waals surface area contributed by atoms with Gasteiger partial charge in [0.15, 0.2) is 11.5 Å². The van der Waals surface area contributed by atoms with Crippen molar-refractivity contribution in [3.05, 3.63) is 48.0 Å². The first kappa shape index (κ1) is 26.3. The minimum absolute atomic E-state index is 0.0599. The van der Waals surface area contributed by atoms with Crippen molar-refractivity contribution in [3.63, 3.8) is 0 Å². The molecule has 1 saturated heterocycles. The number of nitrogens with one attached hydrogen (secondary N) is 2. The van der Waals surface area contributed by atoms with E-state index in [0.29, 0.717) is 34.7 Å². The average Bonchev–Trinajstić information content (AvgIpc) is 2.87. The predicted molar refractivity (Wildman–Crippen MR) is 148 cm³/mol. The highest BCUT2D eigenvalue weighted by Gasteiger charge is 2.23. The Hall–Kier alpha value is -3.81. The molecule has 2 N–H and O–H groups in total. The Balaban J connectivity index is 1.35. The maximum atomic E-state index is 12.5. The number of nitrogens with zero attached hydrogens (tertiary/aromatic N) is 2. The summed E-state index contributed by atoms with van der Waals surface area (Å²) in [6.07, 6.45) is 1.38. The van der Waals surface area contributed by atoms with Crippen LogP contribution < -0.4 is 25.0 Å². The zero-order chi connectivity index (χ0) is 26.5. The molecule has 1 fully saturated rings. The third-order valence-electron chi connectivity index (χ3n) is 6.73. The molecule has 3 aromatic rings. The van der Waals surface area contributed by atoms with Gasteiger partial charge in [-0.2, -0.15) is 0 Å². The first-order valence-electron chi connectivity index (χ1n) is 12.7. The molecule has 0 aliphatic carbocycles. The highest BCUT2D eigenvalue weighted by molar-refractivity contribution is 5.98. The SMILES string of the molecule is COc1ccc(NC(=O)CCC(=O)Nc2ccc3nc(N4C[C@H](C)C[C@H](C)C4)cc(C)c3c2)cc1OC. The van der Waals surface area contributed by atoms with Crippen molar-refractivity contribution in [2.24, 2.45) is 11.8 Å². The van der Waals surface area contributed by atoms with Crippen molar-refractivity contribution in [2.45, 2.75) is 40.0 Å². The number of anilines is 3. The number of carbonyl (C=O) groups excluding carboxylic acids is 2. The molecule has 1 aliphatic heterocycles. The van der Waals surface area contributed by atoms with Crippen LogP contribution in [0.5, 0.6) is 11.5 Å². The average molecular weight is 505 g/mol. The molecule has 1 aliphatic rings. The van der Waals surface area contributed by atoms with Crippen LogP contribution in [0.25, 0.3) is 10.9 Å². The van der Waals surface area contributed by atoms with Crippen molar-refractivity contribution in [1.82, 2.24) is 4.98 Å². The fraction of sp³-hybridized carbons (Fsp3) is 0.414. The van der Waals surface area contributed by atoms with Crippen molar-refractivity contribution in [2.75, 3.05) is 42.8 Å². The maximum Gasteiger partial charge on any atom is 0.224 e. The molecule has 8 nitrogen and oxygen atoms in total. The monoisotopic (exact) mass is 504 g/mol. The molecule has 2 amide bonds. The lowest BCUT2D eigenvalue weighted by molar-refractivity contribution is -0.121. The fourth-order valence-corrected chi connectivity index (χ4v) is 5.05. The maximum absolute atomic E-state index is 12.5. The van der Waals surface area contributed by atoms with Gasteiger partial charge in [0.1, 0.15) is 5.82 Å². The van der Waals surface area contributed by atoms with Gasteiger partial charge in [-0.3, -0.25) is 9.59 Å². The minimum Gasteiger partial charge on any atom is -0.493 e. The molecule has 0 radical (unpaired) electrons. The Labute approximate surface area is 218 Å². The van der Waals surface area contributed by atoms with Gasteiger partial charge in [0, 0.05) is 48.8 Å². The molecule has 0 saturated carbocycles. The normalized spacial score (nSPS) is 17.4. The molecule has 2 atom stereocenters. The highest BCUT2D eigenvalue weighted by Crippen LogP contribution is 2.31. The van der Waals surface area contributed by atoms with Gasteiger partial charge in [0.2, 0.25) is 11.8 Å². The van der Waals surface area contributed by atoms with E-state index in [2.05, 4.69) is 42.4 Å². The van der Waals surface area contributed by atoms with Crippen molar-refractivity contribution in [1.29, 1.82) is 0 Å². The van der Waals surface area contributed by atoms with E-state index in [9.17, 15) is 9.59 Å². The molecule has 1 aromatic heterocycles. The quantitative estimate of drug-likeness (QED) is 0.427. The molecular formula is C29H36N4O4. The highest BCUT2D eigenvalue weighted by atomic mass is 16.5. The van der Waals surface area contributed by atoms with Crippen LogP contribution in [-0.2, 0) is 9.59 Å². The van der Waals surface area contributed by atoms with Crippen LogP contribution in [-0.4, -0.2) is 44.1 Å². The number of benzene rings is 2. The number of aryl methyl sites for hydroxylation is 1. The van der Waals surface area contributed by atoms with E-state index in [-0.39, 0.29) is 24.7 Å². The molecule has 2 aromatic carbocycles. The van der Waals surface area contributed by atoms with Gasteiger partial charge >= 0.3 is 0 Å². The first-order valence-corrected chi connectivity index (χ1v) is 12.7. The third kappa shape index (κ3) is 6.50. The van der Waals surface area contributed by atoms with Crippen molar-refractivity contribution >= 4 is 39.9 Å². The molecule has 4 rings (SSSR count). The molecule has 0 bridgehead atoms. The Bertz CT molecular complexity index is 1280. The Morgan fingerprint density at radius 1 is 0.892 bits per heavy atom. The Morgan fingerprint density at radius 3 is 2.11 bits per heavy atom. The number of aromatic nitrogens is 1. The van der Waals surface area contributed by atoms with Crippen LogP contribution in [0.4, 0.5) is 17.2 Å². The van der Waals surface area contributed by atoms with E-state index in [0.717, 1.165) is 35.4 Å². The number of pyridine rings is 1. The van der Waals surface area contributed by atoms with Crippen LogP contribution in [0.15, 0.2) is 42.5 Å². The Morgan fingerprint density at radius 2 is 1.49 bits per heavy atom. The molecular weight excluding hydrogens is 468 g/mol. The van der Waals surface area contributed by atoms with Crippen LogP contribution in [0.1, 0.15) is 38.7 Å². The molecule has 8 heteroatoms. The van der Waals surface area contributed by atoms with Crippen LogP contribution in [0.3, 0.4) is 0 Å². The number of carbonyl (C=O) groups is 2. The summed E-state index contributed by atoms with van der Waals surface area (Å²) in [6.45, 7) is 8.72. The van der Waals surface area contributed by atoms with Gasteiger partial charge in [-0.25, -0.2) is 4.98 Å². The lowest BCUT2D eigenvalue weighted by Gasteiger charge is -2.36. The number of fused-ring (bicyclic) bond motifs is 1. The predicted octanol–water partition coefficient (Wildman–Crippen LogP) is 5.40. The summed E-state index contributed by atoms with van der Waals surface area (Å²) in [7, 11) is 3.09. The summed E-state index contributed by atoms with van der Waals surface area (Å²) in [5.41, 5.74) is 3.30. The number of piperidine rings is 1. The summed E-state index contributed by atoms with van der Waals surface area (Å²) in [6, 6.07) is 13.0. The lowest BCUT2D eigenvalue weighted by atomic mass is 9.92. The molecule has 196 valence electrons. The van der Waals surface area contributed by atoms with E-state index in [1.807, 2.05) is 18.2 Å². The second-order valence-electron chi connectivity index (χ2n) is 10.0. The summed E-state index contributed by atoms with van der Waals surface area (Å²) in [5, 5.41) is 6.70.